The van der Waals surface area contributed by atoms with Crippen molar-refractivity contribution < 1.29 is 4.79 Å². The van der Waals surface area contributed by atoms with Gasteiger partial charge in [-0.25, -0.2) is 4.79 Å². The molecule has 5 rings (SSSR count). The molecular weight excluding hydrogens is 402 g/mol. The molecule has 0 unspecified atom stereocenters. The molecule has 0 saturated heterocycles. The van der Waals surface area contributed by atoms with Crippen LogP contribution in [-0.4, -0.2) is 30.8 Å². The first-order chi connectivity index (χ1) is 15.8. The zero-order chi connectivity index (χ0) is 21.8. The molecule has 0 aliphatic rings. The second-order valence-electron chi connectivity index (χ2n) is 7.12. The summed E-state index contributed by atoms with van der Waals surface area (Å²) >= 11 is 0. The molecule has 0 aliphatic carbocycles. The Bertz CT molecular complexity index is 1370. The van der Waals surface area contributed by atoms with Crippen LogP contribution in [0.1, 0.15) is 5.56 Å². The Balaban J connectivity index is 1.36. The molecule has 2 amide bonds. The smallest absolute Gasteiger partial charge is 0.319 e. The van der Waals surface area contributed by atoms with E-state index in [1.165, 1.54) is 0 Å². The molecule has 0 spiro atoms. The molecule has 0 radical (unpaired) electrons. The summed E-state index contributed by atoms with van der Waals surface area (Å²) in [6.45, 7) is 0.454. The van der Waals surface area contributed by atoms with Gasteiger partial charge in [0, 0.05) is 35.8 Å². The summed E-state index contributed by atoms with van der Waals surface area (Å²) in [5, 5.41) is 18.9. The fourth-order valence-corrected chi connectivity index (χ4v) is 3.33. The number of aromatic nitrogens is 5. The van der Waals surface area contributed by atoms with Gasteiger partial charge in [-0.15, -0.1) is 10.2 Å². The molecule has 3 aromatic heterocycles. The second kappa shape index (κ2) is 8.65. The Kier molecular flexibility index (Phi) is 5.24. The van der Waals surface area contributed by atoms with Gasteiger partial charge in [-0.05, 0) is 42.0 Å². The number of nitrogens with one attached hydrogen (secondary N) is 2. The van der Waals surface area contributed by atoms with E-state index in [0.29, 0.717) is 23.7 Å². The number of carbonyl (C=O) groups is 1. The Morgan fingerprint density at radius 3 is 2.53 bits per heavy atom. The molecule has 0 aliphatic heterocycles. The van der Waals surface area contributed by atoms with Gasteiger partial charge in [0.2, 0.25) is 0 Å². The number of fused-ring (bicyclic) bond motifs is 1. The van der Waals surface area contributed by atoms with Crippen LogP contribution in [-0.2, 0) is 6.54 Å². The maximum absolute atomic E-state index is 12.3. The van der Waals surface area contributed by atoms with Gasteiger partial charge in [-0.1, -0.05) is 42.5 Å². The molecule has 8 heteroatoms. The van der Waals surface area contributed by atoms with Gasteiger partial charge in [-0.3, -0.25) is 4.98 Å². The summed E-state index contributed by atoms with van der Waals surface area (Å²) in [7, 11) is 0. The number of hydrogen-bond donors (Lipinski definition) is 2. The van der Waals surface area contributed by atoms with E-state index in [0.717, 1.165) is 22.4 Å². The third kappa shape index (κ3) is 4.15. The van der Waals surface area contributed by atoms with Crippen LogP contribution < -0.4 is 10.6 Å². The summed E-state index contributed by atoms with van der Waals surface area (Å²) in [6.07, 6.45) is 3.41. The highest BCUT2D eigenvalue weighted by Gasteiger charge is 2.11. The van der Waals surface area contributed by atoms with Crippen molar-refractivity contribution >= 4 is 17.4 Å². The van der Waals surface area contributed by atoms with E-state index in [1.807, 2.05) is 78.9 Å². The molecule has 2 N–H and O–H groups in total. The third-order valence-electron chi connectivity index (χ3n) is 4.91. The van der Waals surface area contributed by atoms with E-state index in [4.69, 9.17) is 5.10 Å². The average molecular weight is 421 g/mol. The second-order valence-corrected chi connectivity index (χ2v) is 7.12. The molecule has 0 fully saturated rings. The summed E-state index contributed by atoms with van der Waals surface area (Å²) in [5.74, 6) is 0.638. The molecule has 0 saturated carbocycles. The zero-order valence-electron chi connectivity index (χ0n) is 17.0. The number of carbonyl (C=O) groups excluding carboxylic acids is 1. The SMILES string of the molecule is O=C(NCc1ccccc1)Nc1cccc(-c2ccc3nnc(-c4ccncc4)n3n2)c1. The standard InChI is InChI=1S/C24H19N7O/c32-24(26-16-17-5-2-1-3-6-17)27-20-8-4-7-19(15-20)21-9-10-22-28-29-23(31(22)30-21)18-11-13-25-14-12-18/h1-15H,16H2,(H2,26,27,32). The minimum absolute atomic E-state index is 0.270. The quantitative estimate of drug-likeness (QED) is 0.444. The minimum Gasteiger partial charge on any atom is -0.334 e. The maximum Gasteiger partial charge on any atom is 0.319 e. The molecule has 156 valence electrons. The van der Waals surface area contributed by atoms with Crippen LogP contribution in [0.4, 0.5) is 10.5 Å². The van der Waals surface area contributed by atoms with E-state index < -0.39 is 0 Å². The van der Waals surface area contributed by atoms with Crippen LogP contribution in [0.5, 0.6) is 0 Å². The topological polar surface area (TPSA) is 97.1 Å². The van der Waals surface area contributed by atoms with Crippen LogP contribution in [0.15, 0.2) is 91.3 Å². The van der Waals surface area contributed by atoms with E-state index in [-0.39, 0.29) is 6.03 Å². The van der Waals surface area contributed by atoms with Crippen molar-refractivity contribution in [3.63, 3.8) is 0 Å². The molecule has 0 atom stereocenters. The van der Waals surface area contributed by atoms with Crippen LogP contribution in [0.3, 0.4) is 0 Å². The van der Waals surface area contributed by atoms with Crippen LogP contribution in [0.2, 0.25) is 0 Å². The van der Waals surface area contributed by atoms with Gasteiger partial charge in [0.25, 0.3) is 0 Å². The van der Waals surface area contributed by atoms with E-state index in [1.54, 1.807) is 16.9 Å². The predicted octanol–water partition coefficient (Wildman–Crippen LogP) is 4.18. The summed E-state index contributed by atoms with van der Waals surface area (Å²) in [5.41, 5.74) is 4.83. The molecule has 0 bridgehead atoms. The lowest BCUT2D eigenvalue weighted by molar-refractivity contribution is 0.251. The first kappa shape index (κ1) is 19.4. The first-order valence-electron chi connectivity index (χ1n) is 10.1. The van der Waals surface area contributed by atoms with Crippen molar-refractivity contribution in [2.24, 2.45) is 0 Å². The van der Waals surface area contributed by atoms with Gasteiger partial charge in [0.05, 0.1) is 5.69 Å². The molecule has 3 heterocycles. The number of amides is 2. The van der Waals surface area contributed by atoms with Gasteiger partial charge in [0.1, 0.15) is 0 Å². The number of nitrogens with zero attached hydrogens (tertiary/aromatic N) is 5. The Hall–Kier alpha value is -4.59. The van der Waals surface area contributed by atoms with E-state index in [9.17, 15) is 4.79 Å². The number of urea groups is 1. The fraction of sp³-hybridized carbons (Fsp3) is 0.0417. The summed E-state index contributed by atoms with van der Waals surface area (Å²) in [4.78, 5) is 16.4. The molecule has 5 aromatic rings. The van der Waals surface area contributed by atoms with Crippen LogP contribution in [0.25, 0.3) is 28.3 Å². The predicted molar refractivity (Wildman–Crippen MR) is 122 cm³/mol. The Labute approximate surface area is 184 Å². The highest BCUT2D eigenvalue weighted by atomic mass is 16.2. The number of hydrogen-bond acceptors (Lipinski definition) is 5. The Morgan fingerprint density at radius 1 is 0.844 bits per heavy atom. The molecular formula is C24H19N7O. The molecule has 8 nitrogen and oxygen atoms in total. The van der Waals surface area contributed by atoms with Crippen LogP contribution in [0, 0.1) is 0 Å². The van der Waals surface area contributed by atoms with Crippen molar-refractivity contribution in [3.05, 3.63) is 96.8 Å². The van der Waals surface area contributed by atoms with Crippen molar-refractivity contribution in [2.75, 3.05) is 5.32 Å². The molecule has 2 aromatic carbocycles. The van der Waals surface area contributed by atoms with Gasteiger partial charge >= 0.3 is 6.03 Å². The normalized spacial score (nSPS) is 10.8. The van der Waals surface area contributed by atoms with Crippen molar-refractivity contribution in [2.45, 2.75) is 6.54 Å². The average Bonchev–Trinajstić information content (AvgIpc) is 3.27. The minimum atomic E-state index is -0.270. The van der Waals surface area contributed by atoms with Crippen molar-refractivity contribution in [3.8, 4) is 22.6 Å². The van der Waals surface area contributed by atoms with Gasteiger partial charge < -0.3 is 10.6 Å². The lowest BCUT2D eigenvalue weighted by atomic mass is 10.1. The van der Waals surface area contributed by atoms with Gasteiger partial charge in [-0.2, -0.15) is 9.61 Å². The number of pyridine rings is 1. The third-order valence-corrected chi connectivity index (χ3v) is 4.91. The molecule has 32 heavy (non-hydrogen) atoms. The first-order valence-corrected chi connectivity index (χ1v) is 10.1. The number of rotatable bonds is 5. The van der Waals surface area contributed by atoms with E-state index >= 15 is 0 Å². The highest BCUT2D eigenvalue weighted by Crippen LogP contribution is 2.23. The van der Waals surface area contributed by atoms with Crippen molar-refractivity contribution in [1.29, 1.82) is 0 Å². The van der Waals surface area contributed by atoms with Crippen LogP contribution >= 0.6 is 0 Å². The fourth-order valence-electron chi connectivity index (χ4n) is 3.33. The summed E-state index contributed by atoms with van der Waals surface area (Å²) < 4.78 is 1.71. The van der Waals surface area contributed by atoms with E-state index in [2.05, 4.69) is 25.8 Å². The Morgan fingerprint density at radius 2 is 1.69 bits per heavy atom. The highest BCUT2D eigenvalue weighted by molar-refractivity contribution is 5.90. The monoisotopic (exact) mass is 421 g/mol. The largest absolute Gasteiger partial charge is 0.334 e. The zero-order valence-corrected chi connectivity index (χ0v) is 17.0. The van der Waals surface area contributed by atoms with Crippen molar-refractivity contribution in [1.82, 2.24) is 30.1 Å². The lowest BCUT2D eigenvalue weighted by Crippen LogP contribution is -2.28. The van der Waals surface area contributed by atoms with Gasteiger partial charge in [0.15, 0.2) is 11.5 Å². The number of benzene rings is 2. The maximum atomic E-state index is 12.3. The lowest BCUT2D eigenvalue weighted by Gasteiger charge is -2.09. The number of anilines is 1. The summed E-state index contributed by atoms with van der Waals surface area (Å²) in [6, 6.07) is 24.5.